The van der Waals surface area contributed by atoms with E-state index in [4.69, 9.17) is 4.74 Å². The Morgan fingerprint density at radius 3 is 2.75 bits per heavy atom. The van der Waals surface area contributed by atoms with Crippen LogP contribution in [0.4, 0.5) is 8.78 Å². The summed E-state index contributed by atoms with van der Waals surface area (Å²) in [4.78, 5) is 0. The summed E-state index contributed by atoms with van der Waals surface area (Å²) in [6.45, 7) is 1.93. The molecule has 84 valence electrons. The standard InChI is InChI=1S/C10H8F2N2OS/c1-2-9-13-14-10(16-9)15-8-4-3-6(11)5-7(8)12/h3-5H,2H2,1H3. The smallest absolute Gasteiger partial charge is 0.299 e. The highest BCUT2D eigenvalue weighted by molar-refractivity contribution is 7.13. The highest BCUT2D eigenvalue weighted by atomic mass is 32.1. The Hall–Kier alpha value is -1.56. The predicted molar refractivity (Wildman–Crippen MR) is 55.7 cm³/mol. The molecule has 0 saturated carbocycles. The lowest BCUT2D eigenvalue weighted by Gasteiger charge is -2.01. The summed E-state index contributed by atoms with van der Waals surface area (Å²) < 4.78 is 31.0. The van der Waals surface area contributed by atoms with Gasteiger partial charge in [-0.05, 0) is 18.6 Å². The topological polar surface area (TPSA) is 35.0 Å². The lowest BCUT2D eigenvalue weighted by Crippen LogP contribution is -1.88. The minimum Gasteiger partial charge on any atom is -0.427 e. The molecule has 0 aliphatic heterocycles. The van der Waals surface area contributed by atoms with E-state index in [-0.39, 0.29) is 10.9 Å². The van der Waals surface area contributed by atoms with Crippen molar-refractivity contribution in [2.24, 2.45) is 0 Å². The van der Waals surface area contributed by atoms with Crippen LogP contribution in [0, 0.1) is 11.6 Å². The van der Waals surface area contributed by atoms with Crippen LogP contribution >= 0.6 is 11.3 Å². The van der Waals surface area contributed by atoms with E-state index >= 15 is 0 Å². The van der Waals surface area contributed by atoms with Gasteiger partial charge in [0.25, 0.3) is 5.19 Å². The Bertz CT molecular complexity index is 501. The van der Waals surface area contributed by atoms with Gasteiger partial charge >= 0.3 is 0 Å². The van der Waals surface area contributed by atoms with Gasteiger partial charge in [-0.2, -0.15) is 0 Å². The third-order valence-corrected chi connectivity index (χ3v) is 2.79. The molecule has 3 nitrogen and oxygen atoms in total. The monoisotopic (exact) mass is 242 g/mol. The number of hydrogen-bond acceptors (Lipinski definition) is 4. The average molecular weight is 242 g/mol. The van der Waals surface area contributed by atoms with Crippen LogP contribution in [0.3, 0.4) is 0 Å². The Balaban J connectivity index is 2.20. The van der Waals surface area contributed by atoms with Crippen LogP contribution in [0.2, 0.25) is 0 Å². The summed E-state index contributed by atoms with van der Waals surface area (Å²) in [6, 6.07) is 3.11. The van der Waals surface area contributed by atoms with Crippen LogP contribution in [0.1, 0.15) is 11.9 Å². The van der Waals surface area contributed by atoms with Crippen LogP contribution in [0.25, 0.3) is 0 Å². The molecule has 0 saturated heterocycles. The molecule has 0 atom stereocenters. The summed E-state index contributed by atoms with van der Waals surface area (Å²) in [6.07, 6.45) is 0.743. The van der Waals surface area contributed by atoms with Gasteiger partial charge in [-0.3, -0.25) is 0 Å². The largest absolute Gasteiger partial charge is 0.427 e. The van der Waals surface area contributed by atoms with E-state index in [2.05, 4.69) is 10.2 Å². The molecular weight excluding hydrogens is 234 g/mol. The van der Waals surface area contributed by atoms with Crippen LogP contribution in [0.15, 0.2) is 18.2 Å². The van der Waals surface area contributed by atoms with E-state index in [1.807, 2.05) is 6.92 Å². The number of benzene rings is 1. The minimum atomic E-state index is -0.756. The predicted octanol–water partition coefficient (Wildman–Crippen LogP) is 3.17. The molecule has 1 aromatic carbocycles. The molecule has 0 aliphatic rings. The summed E-state index contributed by atoms with van der Waals surface area (Å²) in [5.41, 5.74) is 0. The molecule has 16 heavy (non-hydrogen) atoms. The fourth-order valence-electron chi connectivity index (χ4n) is 1.07. The van der Waals surface area contributed by atoms with E-state index in [1.165, 1.54) is 17.4 Å². The van der Waals surface area contributed by atoms with Crippen LogP contribution in [-0.2, 0) is 6.42 Å². The number of ether oxygens (including phenoxy) is 1. The Labute approximate surface area is 94.7 Å². The summed E-state index contributed by atoms with van der Waals surface area (Å²) in [7, 11) is 0. The number of halogens is 2. The fourth-order valence-corrected chi connectivity index (χ4v) is 1.72. The quantitative estimate of drug-likeness (QED) is 0.829. The second kappa shape index (κ2) is 4.52. The van der Waals surface area contributed by atoms with Crippen molar-refractivity contribution in [3.63, 3.8) is 0 Å². The van der Waals surface area contributed by atoms with Crippen LogP contribution < -0.4 is 4.74 Å². The Morgan fingerprint density at radius 2 is 2.12 bits per heavy atom. The molecule has 2 aromatic rings. The maximum atomic E-state index is 13.2. The van der Waals surface area contributed by atoms with Crippen molar-refractivity contribution in [1.29, 1.82) is 0 Å². The van der Waals surface area contributed by atoms with Gasteiger partial charge in [-0.25, -0.2) is 8.78 Å². The lowest BCUT2D eigenvalue weighted by molar-refractivity contribution is 0.431. The highest BCUT2D eigenvalue weighted by Crippen LogP contribution is 2.27. The zero-order valence-electron chi connectivity index (χ0n) is 8.41. The van der Waals surface area contributed by atoms with Gasteiger partial charge in [0.05, 0.1) is 0 Å². The van der Waals surface area contributed by atoms with Crippen molar-refractivity contribution < 1.29 is 13.5 Å². The average Bonchev–Trinajstić information content (AvgIpc) is 2.70. The summed E-state index contributed by atoms with van der Waals surface area (Å²) >= 11 is 1.24. The number of aryl methyl sites for hydroxylation is 1. The first-order valence-corrected chi connectivity index (χ1v) is 5.46. The minimum absolute atomic E-state index is 0.0554. The molecule has 0 amide bonds. The first-order valence-electron chi connectivity index (χ1n) is 4.64. The number of nitrogens with zero attached hydrogens (tertiary/aromatic N) is 2. The van der Waals surface area contributed by atoms with Gasteiger partial charge in [0.1, 0.15) is 10.8 Å². The molecular formula is C10H8F2N2OS. The molecule has 0 N–H and O–H groups in total. The molecule has 0 unspecified atom stereocenters. The first-order chi connectivity index (χ1) is 7.69. The second-order valence-corrected chi connectivity index (χ2v) is 4.02. The van der Waals surface area contributed by atoms with Crippen molar-refractivity contribution >= 4 is 11.3 Å². The van der Waals surface area contributed by atoms with Crippen molar-refractivity contribution in [3.05, 3.63) is 34.8 Å². The normalized spacial score (nSPS) is 10.4. The fraction of sp³-hybridized carbons (Fsp3) is 0.200. The third-order valence-electron chi connectivity index (χ3n) is 1.84. The molecule has 2 rings (SSSR count). The number of hydrogen-bond donors (Lipinski definition) is 0. The Kier molecular flexibility index (Phi) is 3.09. The summed E-state index contributed by atoms with van der Waals surface area (Å²) in [5, 5.41) is 8.61. The molecule has 0 aliphatic carbocycles. The van der Waals surface area contributed by atoms with Gasteiger partial charge in [0.15, 0.2) is 11.6 Å². The van der Waals surface area contributed by atoms with Crippen molar-refractivity contribution in [1.82, 2.24) is 10.2 Å². The lowest BCUT2D eigenvalue weighted by atomic mass is 10.3. The van der Waals surface area contributed by atoms with E-state index in [0.29, 0.717) is 0 Å². The van der Waals surface area contributed by atoms with Gasteiger partial charge < -0.3 is 4.74 Å². The van der Waals surface area contributed by atoms with Gasteiger partial charge in [-0.15, -0.1) is 5.10 Å². The molecule has 1 aromatic heterocycles. The maximum Gasteiger partial charge on any atom is 0.299 e. The Morgan fingerprint density at radius 1 is 1.31 bits per heavy atom. The molecule has 0 bridgehead atoms. The van der Waals surface area contributed by atoms with E-state index in [0.717, 1.165) is 23.6 Å². The number of rotatable bonds is 3. The molecule has 0 fully saturated rings. The molecule has 6 heteroatoms. The highest BCUT2D eigenvalue weighted by Gasteiger charge is 2.09. The molecule has 1 heterocycles. The van der Waals surface area contributed by atoms with Gasteiger partial charge in [-0.1, -0.05) is 23.4 Å². The van der Waals surface area contributed by atoms with E-state index in [9.17, 15) is 8.78 Å². The third kappa shape index (κ3) is 2.33. The van der Waals surface area contributed by atoms with Crippen molar-refractivity contribution in [2.45, 2.75) is 13.3 Å². The molecule has 0 radical (unpaired) electrons. The first kappa shape index (κ1) is 10.9. The number of aromatic nitrogens is 2. The van der Waals surface area contributed by atoms with Crippen molar-refractivity contribution in [2.75, 3.05) is 0 Å². The van der Waals surface area contributed by atoms with Crippen molar-refractivity contribution in [3.8, 4) is 10.9 Å². The van der Waals surface area contributed by atoms with Crippen LogP contribution in [-0.4, -0.2) is 10.2 Å². The van der Waals surface area contributed by atoms with E-state index < -0.39 is 11.6 Å². The van der Waals surface area contributed by atoms with Gasteiger partial charge in [0.2, 0.25) is 0 Å². The SMILES string of the molecule is CCc1nnc(Oc2ccc(F)cc2F)s1. The molecule has 0 spiro atoms. The maximum absolute atomic E-state index is 13.2. The van der Waals surface area contributed by atoms with Crippen LogP contribution in [0.5, 0.6) is 10.9 Å². The van der Waals surface area contributed by atoms with Gasteiger partial charge in [0, 0.05) is 6.07 Å². The summed E-state index contributed by atoms with van der Waals surface area (Å²) in [5.74, 6) is -1.45. The zero-order chi connectivity index (χ0) is 11.5. The zero-order valence-corrected chi connectivity index (χ0v) is 9.22. The second-order valence-electron chi connectivity index (χ2n) is 2.99. The van der Waals surface area contributed by atoms with E-state index in [1.54, 1.807) is 0 Å².